The fourth-order valence-corrected chi connectivity index (χ4v) is 4.25. The lowest BCUT2D eigenvalue weighted by molar-refractivity contribution is -0.144. The smallest absolute Gasteiger partial charge is 0.356 e. The number of carbonyl (C=O) groups is 1. The largest absolute Gasteiger partial charge is 0.451 e. The van der Waals surface area contributed by atoms with Gasteiger partial charge in [-0.25, -0.2) is 19.9 Å². The van der Waals surface area contributed by atoms with E-state index < -0.39 is 12.0 Å². The lowest BCUT2D eigenvalue weighted by Gasteiger charge is -2.40. The summed E-state index contributed by atoms with van der Waals surface area (Å²) in [6, 6.07) is 1.46. The summed E-state index contributed by atoms with van der Waals surface area (Å²) < 4.78 is 38.4. The number of halogens is 3. The predicted octanol–water partition coefficient (Wildman–Crippen LogP) is 3.20. The van der Waals surface area contributed by atoms with Crippen LogP contribution in [0.3, 0.4) is 0 Å². The van der Waals surface area contributed by atoms with Gasteiger partial charge in [-0.3, -0.25) is 4.79 Å². The van der Waals surface area contributed by atoms with E-state index in [1.165, 1.54) is 6.07 Å². The van der Waals surface area contributed by atoms with Gasteiger partial charge in [0, 0.05) is 50.3 Å². The lowest BCUT2D eigenvalue weighted by Crippen LogP contribution is -2.49. The van der Waals surface area contributed by atoms with Gasteiger partial charge < -0.3 is 14.7 Å². The van der Waals surface area contributed by atoms with Crippen LogP contribution in [0.1, 0.15) is 49.6 Å². The van der Waals surface area contributed by atoms with Crippen molar-refractivity contribution >= 4 is 17.5 Å². The molecule has 33 heavy (non-hydrogen) atoms. The van der Waals surface area contributed by atoms with Gasteiger partial charge in [0.15, 0.2) is 0 Å². The summed E-state index contributed by atoms with van der Waals surface area (Å²) in [7, 11) is 0. The van der Waals surface area contributed by atoms with Gasteiger partial charge in [-0.2, -0.15) is 13.2 Å². The Morgan fingerprint density at radius 2 is 1.82 bits per heavy atom. The summed E-state index contributed by atoms with van der Waals surface area (Å²) >= 11 is 0. The number of nitrogens with zero attached hydrogens (tertiary/aromatic N) is 7. The van der Waals surface area contributed by atoms with Crippen molar-refractivity contribution in [2.45, 2.75) is 52.9 Å². The maximum atomic E-state index is 12.9. The highest BCUT2D eigenvalue weighted by Crippen LogP contribution is 2.34. The molecule has 0 saturated carbocycles. The normalized spacial score (nSPS) is 17.7. The molecule has 2 aromatic heterocycles. The number of aromatic nitrogens is 4. The molecule has 2 aromatic rings. The SMILES string of the molecule is CC.Cc1nc2c(c(N3CCC3)n1)CN(C(=O)CC1CN(c3ccnc(C(F)(F)F)n3)C1)C2. The molecule has 8 nitrogen and oxygen atoms in total. The number of fused-ring (bicyclic) bond motifs is 1. The van der Waals surface area contributed by atoms with Crippen molar-refractivity contribution in [1.82, 2.24) is 24.8 Å². The van der Waals surface area contributed by atoms with E-state index >= 15 is 0 Å². The van der Waals surface area contributed by atoms with Crippen molar-refractivity contribution in [3.05, 3.63) is 35.2 Å². The van der Waals surface area contributed by atoms with Crippen LogP contribution >= 0.6 is 0 Å². The minimum atomic E-state index is -4.57. The molecule has 5 heterocycles. The van der Waals surface area contributed by atoms with Crippen LogP contribution < -0.4 is 9.80 Å². The van der Waals surface area contributed by atoms with E-state index in [0.717, 1.165) is 42.8 Å². The molecular formula is C22H28F3N7O. The van der Waals surface area contributed by atoms with Crippen molar-refractivity contribution in [3.63, 3.8) is 0 Å². The second-order valence-electron chi connectivity index (χ2n) is 8.32. The molecule has 0 bridgehead atoms. The average Bonchev–Trinajstić information content (AvgIpc) is 3.14. The van der Waals surface area contributed by atoms with Crippen LogP contribution in [0.2, 0.25) is 0 Å². The first-order chi connectivity index (χ1) is 15.8. The number of rotatable bonds is 4. The van der Waals surface area contributed by atoms with Crippen LogP contribution in [0, 0.1) is 12.8 Å². The second kappa shape index (κ2) is 9.11. The van der Waals surface area contributed by atoms with Gasteiger partial charge >= 0.3 is 6.18 Å². The van der Waals surface area contributed by atoms with E-state index in [1.807, 2.05) is 20.8 Å². The molecule has 0 unspecified atom stereocenters. The minimum absolute atomic E-state index is 0.0357. The third-order valence-corrected chi connectivity index (χ3v) is 6.02. The highest BCUT2D eigenvalue weighted by molar-refractivity contribution is 5.78. The number of anilines is 2. The Hall–Kier alpha value is -2.98. The third kappa shape index (κ3) is 4.72. The van der Waals surface area contributed by atoms with Crippen molar-refractivity contribution in [2.24, 2.45) is 5.92 Å². The Morgan fingerprint density at radius 3 is 2.45 bits per heavy atom. The zero-order valence-electron chi connectivity index (χ0n) is 19.1. The highest BCUT2D eigenvalue weighted by Gasteiger charge is 2.38. The van der Waals surface area contributed by atoms with Crippen LogP contribution in [-0.2, 0) is 24.1 Å². The third-order valence-electron chi connectivity index (χ3n) is 6.02. The van der Waals surface area contributed by atoms with E-state index in [9.17, 15) is 18.0 Å². The number of hydrogen-bond acceptors (Lipinski definition) is 7. The van der Waals surface area contributed by atoms with E-state index in [2.05, 4.69) is 24.8 Å². The number of hydrogen-bond donors (Lipinski definition) is 0. The predicted molar refractivity (Wildman–Crippen MR) is 117 cm³/mol. The summed E-state index contributed by atoms with van der Waals surface area (Å²) in [6.07, 6.45) is -1.95. The first-order valence-corrected chi connectivity index (χ1v) is 11.3. The van der Waals surface area contributed by atoms with Crippen LogP contribution in [0.15, 0.2) is 12.3 Å². The Kier molecular flexibility index (Phi) is 6.40. The number of alkyl halides is 3. The Balaban J connectivity index is 0.00000126. The highest BCUT2D eigenvalue weighted by atomic mass is 19.4. The van der Waals surface area contributed by atoms with Gasteiger partial charge in [0.2, 0.25) is 11.7 Å². The average molecular weight is 464 g/mol. The lowest BCUT2D eigenvalue weighted by atomic mass is 9.95. The van der Waals surface area contributed by atoms with Crippen molar-refractivity contribution in [1.29, 1.82) is 0 Å². The summed E-state index contributed by atoms with van der Waals surface area (Å²) in [5.74, 6) is 0.880. The molecule has 3 aliphatic rings. The van der Waals surface area contributed by atoms with Gasteiger partial charge in [0.05, 0.1) is 18.8 Å². The number of amides is 1. The van der Waals surface area contributed by atoms with Crippen LogP contribution in [0.5, 0.6) is 0 Å². The minimum Gasteiger partial charge on any atom is -0.356 e. The number of aryl methyl sites for hydroxylation is 1. The molecule has 0 aliphatic carbocycles. The first-order valence-electron chi connectivity index (χ1n) is 11.3. The molecule has 0 spiro atoms. The molecule has 178 valence electrons. The molecule has 1 amide bonds. The van der Waals surface area contributed by atoms with Crippen molar-refractivity contribution < 1.29 is 18.0 Å². The van der Waals surface area contributed by atoms with Crippen molar-refractivity contribution in [3.8, 4) is 0 Å². The molecule has 0 radical (unpaired) electrons. The summed E-state index contributed by atoms with van der Waals surface area (Å²) in [5, 5.41) is 0. The maximum absolute atomic E-state index is 12.9. The zero-order chi connectivity index (χ0) is 23.8. The van der Waals surface area contributed by atoms with Crippen LogP contribution in [0.4, 0.5) is 24.8 Å². The molecule has 3 aliphatic heterocycles. The van der Waals surface area contributed by atoms with Gasteiger partial charge in [-0.15, -0.1) is 0 Å². The summed E-state index contributed by atoms with van der Waals surface area (Å²) in [6.45, 7) is 9.82. The summed E-state index contributed by atoms with van der Waals surface area (Å²) in [5.41, 5.74) is 1.95. The molecule has 0 N–H and O–H groups in total. The van der Waals surface area contributed by atoms with Crippen molar-refractivity contribution in [2.75, 3.05) is 36.0 Å². The van der Waals surface area contributed by atoms with Crippen LogP contribution in [0.25, 0.3) is 0 Å². The Labute approximate surface area is 190 Å². The molecule has 2 saturated heterocycles. The topological polar surface area (TPSA) is 78.4 Å². The summed E-state index contributed by atoms with van der Waals surface area (Å²) in [4.78, 5) is 34.7. The number of carbonyl (C=O) groups excluding carboxylic acids is 1. The van der Waals surface area contributed by atoms with E-state index in [4.69, 9.17) is 0 Å². The monoisotopic (exact) mass is 463 g/mol. The maximum Gasteiger partial charge on any atom is 0.451 e. The van der Waals surface area contributed by atoms with E-state index in [-0.39, 0.29) is 17.6 Å². The van der Waals surface area contributed by atoms with E-state index in [0.29, 0.717) is 38.4 Å². The molecule has 11 heteroatoms. The fourth-order valence-electron chi connectivity index (χ4n) is 4.25. The molecular weight excluding hydrogens is 435 g/mol. The standard InChI is InChI=1S/C20H22F3N7O.C2H6/c1-12-25-15-11-30(10-14(15)18(26-12)28-5-2-6-28)17(31)7-13-8-29(9-13)16-3-4-24-19(27-16)20(21,22)23;1-2/h3-4,13H,2,5-11H2,1H3;1-2H3. The first kappa shape index (κ1) is 23.2. The fraction of sp³-hybridized carbons (Fsp3) is 0.591. The Morgan fingerprint density at radius 1 is 1.09 bits per heavy atom. The van der Waals surface area contributed by atoms with Crippen LogP contribution in [-0.4, -0.2) is 56.9 Å². The molecule has 0 atom stereocenters. The second-order valence-corrected chi connectivity index (χ2v) is 8.32. The molecule has 5 rings (SSSR count). The van der Waals surface area contributed by atoms with Gasteiger partial charge in [0.1, 0.15) is 17.5 Å². The Bertz CT molecular complexity index is 1020. The van der Waals surface area contributed by atoms with Gasteiger partial charge in [-0.05, 0) is 19.4 Å². The molecule has 2 fully saturated rings. The zero-order valence-corrected chi connectivity index (χ0v) is 19.1. The van der Waals surface area contributed by atoms with Gasteiger partial charge in [-0.1, -0.05) is 13.8 Å². The van der Waals surface area contributed by atoms with Gasteiger partial charge in [0.25, 0.3) is 0 Å². The quantitative estimate of drug-likeness (QED) is 0.689. The molecule has 0 aromatic carbocycles. The van der Waals surface area contributed by atoms with E-state index in [1.54, 1.807) is 9.80 Å².